The Morgan fingerprint density at radius 3 is 3.05 bits per heavy atom. The van der Waals surface area contributed by atoms with Gasteiger partial charge in [-0.15, -0.1) is 0 Å². The Hall–Kier alpha value is -1.09. The summed E-state index contributed by atoms with van der Waals surface area (Å²) >= 11 is 0. The van der Waals surface area contributed by atoms with Gasteiger partial charge in [0.25, 0.3) is 0 Å². The Morgan fingerprint density at radius 1 is 1.32 bits per heavy atom. The summed E-state index contributed by atoms with van der Waals surface area (Å²) in [6.07, 6.45) is 11.5. The van der Waals surface area contributed by atoms with Crippen LogP contribution in [0, 0.1) is 23.7 Å². The average molecular weight is 262 g/mol. The number of carbonyl (C=O) groups excluding carboxylic acids is 1. The summed E-state index contributed by atoms with van der Waals surface area (Å²) in [5.74, 6) is 2.79. The molecule has 0 aromatic rings. The molecule has 19 heavy (non-hydrogen) atoms. The number of ether oxygens (including phenoxy) is 2. The number of hydrogen-bond acceptors (Lipinski definition) is 3. The van der Waals surface area contributed by atoms with Crippen LogP contribution in [0.15, 0.2) is 24.8 Å². The van der Waals surface area contributed by atoms with Crippen LogP contribution in [-0.4, -0.2) is 25.3 Å². The molecule has 0 aliphatic heterocycles. The molecule has 0 aromatic heterocycles. The molecule has 0 saturated heterocycles. The Bertz CT molecular complexity index is 387. The van der Waals surface area contributed by atoms with Gasteiger partial charge in [-0.3, -0.25) is 0 Å². The third kappa shape index (κ3) is 2.48. The van der Waals surface area contributed by atoms with Crippen molar-refractivity contribution >= 4 is 5.97 Å². The molecule has 0 N–H and O–H groups in total. The number of allylic oxidation sites excluding steroid dienone is 2. The molecular formula is C16H22O3. The molecular weight excluding hydrogens is 240 g/mol. The van der Waals surface area contributed by atoms with Crippen LogP contribution in [0.2, 0.25) is 0 Å². The third-order valence-electron chi connectivity index (χ3n) is 5.06. The van der Waals surface area contributed by atoms with Gasteiger partial charge in [0.1, 0.15) is 6.61 Å². The third-order valence-corrected chi connectivity index (χ3v) is 5.06. The SMILES string of the molecule is C=CC(=O)OCCOC1CC2CCC1C1CC=CC21. The van der Waals surface area contributed by atoms with Crippen LogP contribution >= 0.6 is 0 Å². The lowest BCUT2D eigenvalue weighted by atomic mass is 9.58. The second kappa shape index (κ2) is 5.49. The predicted octanol–water partition coefficient (Wildman–Crippen LogP) is 2.72. The molecule has 3 saturated carbocycles. The van der Waals surface area contributed by atoms with E-state index in [1.54, 1.807) is 0 Å². The van der Waals surface area contributed by atoms with Gasteiger partial charge in [0, 0.05) is 6.08 Å². The van der Waals surface area contributed by atoms with E-state index in [4.69, 9.17) is 9.47 Å². The molecule has 0 heterocycles. The van der Waals surface area contributed by atoms with Crippen molar-refractivity contribution in [1.82, 2.24) is 0 Å². The first-order valence-corrected chi connectivity index (χ1v) is 7.37. The minimum Gasteiger partial charge on any atom is -0.460 e. The van der Waals surface area contributed by atoms with Crippen molar-refractivity contribution in [2.45, 2.75) is 31.8 Å². The first-order chi connectivity index (χ1) is 9.29. The van der Waals surface area contributed by atoms with Crippen molar-refractivity contribution in [3.8, 4) is 0 Å². The smallest absolute Gasteiger partial charge is 0.330 e. The fraction of sp³-hybridized carbons (Fsp3) is 0.688. The summed E-state index contributed by atoms with van der Waals surface area (Å²) in [7, 11) is 0. The van der Waals surface area contributed by atoms with E-state index in [0.717, 1.165) is 17.8 Å². The van der Waals surface area contributed by atoms with Crippen LogP contribution in [0.1, 0.15) is 25.7 Å². The van der Waals surface area contributed by atoms with E-state index in [-0.39, 0.29) is 5.97 Å². The maximum absolute atomic E-state index is 10.9. The highest BCUT2D eigenvalue weighted by atomic mass is 16.6. The van der Waals surface area contributed by atoms with E-state index >= 15 is 0 Å². The van der Waals surface area contributed by atoms with Crippen LogP contribution in [0.25, 0.3) is 0 Å². The zero-order chi connectivity index (χ0) is 13.2. The first-order valence-electron chi connectivity index (χ1n) is 7.37. The molecule has 4 rings (SSSR count). The largest absolute Gasteiger partial charge is 0.460 e. The Morgan fingerprint density at radius 2 is 2.21 bits per heavy atom. The fourth-order valence-electron chi connectivity index (χ4n) is 4.27. The van der Waals surface area contributed by atoms with Gasteiger partial charge in [0.15, 0.2) is 0 Å². The summed E-state index contributed by atoms with van der Waals surface area (Å²) in [6, 6.07) is 0. The van der Waals surface area contributed by atoms with Crippen LogP contribution in [0.3, 0.4) is 0 Å². The maximum atomic E-state index is 10.9. The monoisotopic (exact) mass is 262 g/mol. The zero-order valence-corrected chi connectivity index (χ0v) is 11.3. The van der Waals surface area contributed by atoms with Crippen molar-refractivity contribution in [2.24, 2.45) is 23.7 Å². The standard InChI is InChI=1S/C16H22O3/c1-2-16(17)19-9-8-18-15-10-11-6-7-14(15)13-5-3-4-12(11)13/h2-4,11-15H,1,5-10H2. The van der Waals surface area contributed by atoms with Crippen molar-refractivity contribution in [1.29, 1.82) is 0 Å². The lowest BCUT2D eigenvalue weighted by Crippen LogP contribution is -2.47. The molecule has 3 heteroatoms. The molecule has 3 fully saturated rings. The lowest BCUT2D eigenvalue weighted by Gasteiger charge is -2.50. The normalized spacial score (nSPS) is 39.1. The van der Waals surface area contributed by atoms with Gasteiger partial charge in [-0.2, -0.15) is 0 Å². The van der Waals surface area contributed by atoms with E-state index in [0.29, 0.717) is 25.2 Å². The van der Waals surface area contributed by atoms with E-state index in [9.17, 15) is 4.79 Å². The molecule has 5 atom stereocenters. The molecule has 4 aliphatic rings. The van der Waals surface area contributed by atoms with Gasteiger partial charge in [-0.25, -0.2) is 4.79 Å². The van der Waals surface area contributed by atoms with Gasteiger partial charge in [-0.05, 0) is 49.4 Å². The highest BCUT2D eigenvalue weighted by molar-refractivity contribution is 5.81. The zero-order valence-electron chi connectivity index (χ0n) is 11.3. The van der Waals surface area contributed by atoms with E-state index in [2.05, 4.69) is 18.7 Å². The van der Waals surface area contributed by atoms with Crippen LogP contribution in [0.4, 0.5) is 0 Å². The summed E-state index contributed by atoms with van der Waals surface area (Å²) < 4.78 is 10.9. The quantitative estimate of drug-likeness (QED) is 0.331. The number of fused-ring (bicyclic) bond motifs is 2. The van der Waals surface area contributed by atoms with Crippen LogP contribution < -0.4 is 0 Å². The number of hydrogen-bond donors (Lipinski definition) is 0. The van der Waals surface area contributed by atoms with Gasteiger partial charge in [-0.1, -0.05) is 18.7 Å². The molecule has 5 unspecified atom stereocenters. The Kier molecular flexibility index (Phi) is 3.74. The molecule has 4 aliphatic carbocycles. The predicted molar refractivity (Wildman–Crippen MR) is 72.5 cm³/mol. The highest BCUT2D eigenvalue weighted by Gasteiger charge is 2.48. The molecule has 104 valence electrons. The first kappa shape index (κ1) is 12.9. The lowest BCUT2D eigenvalue weighted by molar-refractivity contribution is -0.143. The van der Waals surface area contributed by atoms with Crippen LogP contribution in [0.5, 0.6) is 0 Å². The number of esters is 1. The summed E-state index contributed by atoms with van der Waals surface area (Å²) in [5, 5.41) is 0. The van der Waals surface area contributed by atoms with Gasteiger partial charge in [0.05, 0.1) is 12.7 Å². The minimum atomic E-state index is -0.367. The van der Waals surface area contributed by atoms with Crippen molar-refractivity contribution < 1.29 is 14.3 Å². The molecule has 3 nitrogen and oxygen atoms in total. The summed E-state index contributed by atoms with van der Waals surface area (Å²) in [4.78, 5) is 10.9. The van der Waals surface area contributed by atoms with Crippen molar-refractivity contribution in [3.05, 3.63) is 24.8 Å². The van der Waals surface area contributed by atoms with E-state index in [1.807, 2.05) is 0 Å². The van der Waals surface area contributed by atoms with Gasteiger partial charge in [0.2, 0.25) is 0 Å². The topological polar surface area (TPSA) is 35.5 Å². The molecule has 0 aromatic carbocycles. The summed E-state index contributed by atoms with van der Waals surface area (Å²) in [5.41, 5.74) is 0. The minimum absolute atomic E-state index is 0.338. The second-order valence-electron chi connectivity index (χ2n) is 5.92. The van der Waals surface area contributed by atoms with Crippen molar-refractivity contribution in [3.63, 3.8) is 0 Å². The number of rotatable bonds is 5. The van der Waals surface area contributed by atoms with E-state index in [1.165, 1.54) is 31.8 Å². The summed E-state index contributed by atoms with van der Waals surface area (Å²) in [6.45, 7) is 4.22. The fourth-order valence-corrected chi connectivity index (χ4v) is 4.27. The molecule has 0 radical (unpaired) electrons. The second-order valence-corrected chi connectivity index (χ2v) is 5.92. The molecule has 0 spiro atoms. The van der Waals surface area contributed by atoms with Gasteiger partial charge >= 0.3 is 5.97 Å². The Balaban J connectivity index is 1.48. The van der Waals surface area contributed by atoms with E-state index < -0.39 is 0 Å². The van der Waals surface area contributed by atoms with Crippen LogP contribution in [-0.2, 0) is 14.3 Å². The number of carbonyl (C=O) groups is 1. The Labute approximate surface area is 114 Å². The van der Waals surface area contributed by atoms with Crippen molar-refractivity contribution in [2.75, 3.05) is 13.2 Å². The molecule has 0 amide bonds. The maximum Gasteiger partial charge on any atom is 0.330 e. The average Bonchev–Trinajstić information content (AvgIpc) is 2.95. The molecule has 2 bridgehead atoms. The highest BCUT2D eigenvalue weighted by Crippen LogP contribution is 2.53. The van der Waals surface area contributed by atoms with Gasteiger partial charge < -0.3 is 9.47 Å².